The molecule has 0 aromatic heterocycles. The zero-order chi connectivity index (χ0) is 15.9. The lowest BCUT2D eigenvalue weighted by Crippen LogP contribution is -2.51. The first-order valence-electron chi connectivity index (χ1n) is 6.75. The molecule has 0 aliphatic heterocycles. The van der Waals surface area contributed by atoms with E-state index in [1.165, 1.54) is 0 Å². The van der Waals surface area contributed by atoms with Gasteiger partial charge in [0, 0.05) is 11.4 Å². The van der Waals surface area contributed by atoms with E-state index in [1.807, 2.05) is 6.26 Å². The maximum absolute atomic E-state index is 12.0. The van der Waals surface area contributed by atoms with Gasteiger partial charge in [0.1, 0.15) is 0 Å². The fourth-order valence-electron chi connectivity index (χ4n) is 2.10. The standard InChI is InChI=1S/C15H20ClNO3S/c1-3-15(14(19)20,11-6-8-12(16)9-7-11)17-13(18)5-4-10-21-2/h6-9H,3-5,10H2,1-2H3,(H,17,18)(H,19,20). The van der Waals surface area contributed by atoms with Crippen molar-refractivity contribution in [2.75, 3.05) is 12.0 Å². The number of rotatable bonds is 8. The summed E-state index contributed by atoms with van der Waals surface area (Å²) in [5, 5.41) is 12.8. The van der Waals surface area contributed by atoms with Gasteiger partial charge >= 0.3 is 5.97 Å². The number of nitrogens with one attached hydrogen (secondary N) is 1. The average molecular weight is 330 g/mol. The highest BCUT2D eigenvalue weighted by molar-refractivity contribution is 7.98. The summed E-state index contributed by atoms with van der Waals surface area (Å²) in [6.07, 6.45) is 3.29. The molecule has 1 rings (SSSR count). The molecule has 0 radical (unpaired) electrons. The minimum Gasteiger partial charge on any atom is -0.479 e. The molecule has 0 heterocycles. The van der Waals surface area contributed by atoms with Crippen LogP contribution in [0.3, 0.4) is 0 Å². The number of carboxylic acids is 1. The van der Waals surface area contributed by atoms with Gasteiger partial charge < -0.3 is 10.4 Å². The molecule has 1 atom stereocenters. The monoisotopic (exact) mass is 329 g/mol. The molecule has 1 unspecified atom stereocenters. The molecule has 6 heteroatoms. The first-order valence-corrected chi connectivity index (χ1v) is 8.53. The van der Waals surface area contributed by atoms with E-state index in [9.17, 15) is 14.7 Å². The largest absolute Gasteiger partial charge is 0.479 e. The van der Waals surface area contributed by atoms with Crippen LogP contribution >= 0.6 is 23.4 Å². The Bertz CT molecular complexity index is 492. The quantitative estimate of drug-likeness (QED) is 0.718. The second-order valence-electron chi connectivity index (χ2n) is 4.72. The van der Waals surface area contributed by atoms with Crippen LogP contribution in [0.5, 0.6) is 0 Å². The van der Waals surface area contributed by atoms with E-state index in [2.05, 4.69) is 5.32 Å². The first kappa shape index (κ1) is 17.9. The lowest BCUT2D eigenvalue weighted by Gasteiger charge is -2.30. The predicted octanol–water partition coefficient (Wildman–Crippen LogP) is 3.29. The molecule has 0 fully saturated rings. The van der Waals surface area contributed by atoms with Gasteiger partial charge in [-0.15, -0.1) is 0 Å². The van der Waals surface area contributed by atoms with Crippen molar-refractivity contribution in [2.45, 2.75) is 31.7 Å². The Morgan fingerprint density at radius 3 is 2.43 bits per heavy atom. The van der Waals surface area contributed by atoms with Crippen LogP contribution < -0.4 is 5.32 Å². The summed E-state index contributed by atoms with van der Waals surface area (Å²) in [6, 6.07) is 6.54. The number of carbonyl (C=O) groups excluding carboxylic acids is 1. The van der Waals surface area contributed by atoms with Crippen LogP contribution in [-0.4, -0.2) is 29.0 Å². The topological polar surface area (TPSA) is 66.4 Å². The second-order valence-corrected chi connectivity index (χ2v) is 6.14. The summed E-state index contributed by atoms with van der Waals surface area (Å²) >= 11 is 7.50. The number of hydrogen-bond donors (Lipinski definition) is 2. The molecular formula is C15H20ClNO3S. The zero-order valence-electron chi connectivity index (χ0n) is 12.2. The van der Waals surface area contributed by atoms with Crippen molar-refractivity contribution in [3.05, 3.63) is 34.9 Å². The van der Waals surface area contributed by atoms with E-state index >= 15 is 0 Å². The smallest absolute Gasteiger partial charge is 0.334 e. The van der Waals surface area contributed by atoms with Crippen molar-refractivity contribution in [1.82, 2.24) is 5.32 Å². The summed E-state index contributed by atoms with van der Waals surface area (Å²) in [5.74, 6) is -0.436. The molecule has 0 aliphatic rings. The van der Waals surface area contributed by atoms with Crippen molar-refractivity contribution >= 4 is 35.2 Å². The molecule has 116 valence electrons. The zero-order valence-corrected chi connectivity index (χ0v) is 13.8. The van der Waals surface area contributed by atoms with E-state index in [4.69, 9.17) is 11.6 Å². The Hall–Kier alpha value is -1.20. The highest BCUT2D eigenvalue weighted by atomic mass is 35.5. The molecule has 1 amide bonds. The number of carbonyl (C=O) groups is 2. The van der Waals surface area contributed by atoms with E-state index in [0.29, 0.717) is 17.0 Å². The van der Waals surface area contributed by atoms with Crippen LogP contribution in [0.4, 0.5) is 0 Å². The van der Waals surface area contributed by atoms with Gasteiger partial charge in [0.15, 0.2) is 5.54 Å². The van der Waals surface area contributed by atoms with Crippen LogP contribution in [0.1, 0.15) is 31.7 Å². The summed E-state index contributed by atoms with van der Waals surface area (Å²) in [7, 11) is 0. The molecule has 4 nitrogen and oxygen atoms in total. The minimum absolute atomic E-state index is 0.247. The van der Waals surface area contributed by atoms with Crippen molar-refractivity contribution in [3.8, 4) is 0 Å². The Kier molecular flexibility index (Phi) is 7.05. The fraction of sp³-hybridized carbons (Fsp3) is 0.467. The summed E-state index contributed by atoms with van der Waals surface area (Å²) in [6.45, 7) is 1.74. The third-order valence-electron chi connectivity index (χ3n) is 3.34. The lowest BCUT2D eigenvalue weighted by atomic mass is 9.87. The summed E-state index contributed by atoms with van der Waals surface area (Å²) < 4.78 is 0. The van der Waals surface area contributed by atoms with Crippen LogP contribution in [-0.2, 0) is 15.1 Å². The predicted molar refractivity (Wildman–Crippen MR) is 86.8 cm³/mol. The number of benzene rings is 1. The number of carboxylic acid groups (broad SMARTS) is 1. The number of halogens is 1. The van der Waals surface area contributed by atoms with E-state index in [-0.39, 0.29) is 12.3 Å². The number of amides is 1. The Balaban J connectivity index is 2.96. The third-order valence-corrected chi connectivity index (χ3v) is 4.29. The van der Waals surface area contributed by atoms with Gasteiger partial charge in [0.05, 0.1) is 0 Å². The molecule has 0 bridgehead atoms. The van der Waals surface area contributed by atoms with Gasteiger partial charge in [0.25, 0.3) is 0 Å². The second kappa shape index (κ2) is 8.29. The highest BCUT2D eigenvalue weighted by Crippen LogP contribution is 2.27. The number of aliphatic carboxylic acids is 1. The van der Waals surface area contributed by atoms with Crippen molar-refractivity contribution in [1.29, 1.82) is 0 Å². The number of thioether (sulfide) groups is 1. The van der Waals surface area contributed by atoms with E-state index in [1.54, 1.807) is 43.0 Å². The van der Waals surface area contributed by atoms with Gasteiger partial charge in [-0.2, -0.15) is 11.8 Å². The molecule has 2 N–H and O–H groups in total. The average Bonchev–Trinajstić information content (AvgIpc) is 2.45. The molecule has 0 saturated heterocycles. The van der Waals surface area contributed by atoms with Crippen LogP contribution in [0.25, 0.3) is 0 Å². The van der Waals surface area contributed by atoms with Crippen LogP contribution in [0.15, 0.2) is 24.3 Å². The molecule has 0 spiro atoms. The van der Waals surface area contributed by atoms with Gasteiger partial charge in [-0.25, -0.2) is 4.79 Å². The van der Waals surface area contributed by atoms with Gasteiger partial charge in [-0.05, 0) is 42.5 Å². The lowest BCUT2D eigenvalue weighted by molar-refractivity contribution is -0.148. The van der Waals surface area contributed by atoms with E-state index in [0.717, 1.165) is 12.2 Å². The van der Waals surface area contributed by atoms with Crippen molar-refractivity contribution < 1.29 is 14.7 Å². The van der Waals surface area contributed by atoms with Crippen LogP contribution in [0, 0.1) is 0 Å². The molecular weight excluding hydrogens is 310 g/mol. The van der Waals surface area contributed by atoms with Crippen LogP contribution in [0.2, 0.25) is 5.02 Å². The maximum Gasteiger partial charge on any atom is 0.334 e. The molecule has 0 aliphatic carbocycles. The van der Waals surface area contributed by atoms with Gasteiger partial charge in [0.2, 0.25) is 5.91 Å². The molecule has 21 heavy (non-hydrogen) atoms. The van der Waals surface area contributed by atoms with Crippen molar-refractivity contribution in [2.24, 2.45) is 0 Å². The Labute approximate surface area is 134 Å². The maximum atomic E-state index is 12.0. The first-order chi connectivity index (χ1) is 9.96. The molecule has 1 aromatic rings. The number of hydrogen-bond acceptors (Lipinski definition) is 3. The summed E-state index contributed by atoms with van der Waals surface area (Å²) in [5.41, 5.74) is -0.874. The molecule has 1 aromatic carbocycles. The summed E-state index contributed by atoms with van der Waals surface area (Å²) in [4.78, 5) is 23.8. The Morgan fingerprint density at radius 1 is 1.33 bits per heavy atom. The van der Waals surface area contributed by atoms with Gasteiger partial charge in [-0.1, -0.05) is 30.7 Å². The SMILES string of the molecule is CCC(NC(=O)CCCSC)(C(=O)O)c1ccc(Cl)cc1. The van der Waals surface area contributed by atoms with Gasteiger partial charge in [-0.3, -0.25) is 4.79 Å². The molecule has 0 saturated carbocycles. The van der Waals surface area contributed by atoms with Crippen molar-refractivity contribution in [3.63, 3.8) is 0 Å². The fourth-order valence-corrected chi connectivity index (χ4v) is 2.66. The normalized spacial score (nSPS) is 13.5. The highest BCUT2D eigenvalue weighted by Gasteiger charge is 2.40. The minimum atomic E-state index is -1.40. The third kappa shape index (κ3) is 4.64. The Morgan fingerprint density at radius 2 is 1.95 bits per heavy atom. The van der Waals surface area contributed by atoms with E-state index < -0.39 is 11.5 Å².